The first-order chi connectivity index (χ1) is 12.2. The van der Waals surface area contributed by atoms with Gasteiger partial charge in [-0.3, -0.25) is 9.48 Å². The molecule has 6 nitrogen and oxygen atoms in total. The normalized spacial score (nSPS) is 12.1. The summed E-state index contributed by atoms with van der Waals surface area (Å²) in [6, 6.07) is 7.31. The van der Waals surface area contributed by atoms with Crippen LogP contribution in [0, 0.1) is 19.8 Å². The molecule has 6 heteroatoms. The van der Waals surface area contributed by atoms with Gasteiger partial charge in [0.25, 0.3) is 5.91 Å². The summed E-state index contributed by atoms with van der Waals surface area (Å²) >= 11 is 0. The first-order valence-corrected chi connectivity index (χ1v) is 8.80. The van der Waals surface area contributed by atoms with Crippen molar-refractivity contribution in [2.24, 2.45) is 13.0 Å². The molecule has 0 aliphatic rings. The van der Waals surface area contributed by atoms with Gasteiger partial charge in [-0.2, -0.15) is 5.10 Å². The second-order valence-corrected chi connectivity index (χ2v) is 7.00. The molecular formula is C20H27N3O3. The Labute approximate surface area is 154 Å². The minimum absolute atomic E-state index is 0.381. The molecule has 1 aromatic heterocycles. The number of carbonyl (C=O) groups is 2. The molecule has 0 fully saturated rings. The van der Waals surface area contributed by atoms with Gasteiger partial charge in [0, 0.05) is 7.05 Å². The standard InChI is InChI=1S/C20H27N3O3/c1-12(2)11-16-7-9-17(10-8-16)20(25)26-15(5)19(24)21-18-13(3)22-23(6)14(18)4/h7-10,12,15H,11H2,1-6H3,(H,21,24)/t15-/m1/s1. The van der Waals surface area contributed by atoms with Gasteiger partial charge >= 0.3 is 5.97 Å². The number of hydrogen-bond acceptors (Lipinski definition) is 4. The fourth-order valence-corrected chi connectivity index (χ4v) is 2.71. The Morgan fingerprint density at radius 2 is 1.77 bits per heavy atom. The second kappa shape index (κ2) is 8.17. The van der Waals surface area contributed by atoms with E-state index in [-0.39, 0.29) is 5.91 Å². The fraction of sp³-hybridized carbons (Fsp3) is 0.450. The zero-order valence-electron chi connectivity index (χ0n) is 16.3. The topological polar surface area (TPSA) is 73.2 Å². The van der Waals surface area contributed by atoms with Gasteiger partial charge in [0.1, 0.15) is 0 Å². The number of nitrogens with one attached hydrogen (secondary N) is 1. The van der Waals surface area contributed by atoms with Crippen LogP contribution in [0.4, 0.5) is 5.69 Å². The van der Waals surface area contributed by atoms with E-state index in [1.807, 2.05) is 33.0 Å². The molecule has 2 aromatic rings. The van der Waals surface area contributed by atoms with Crippen LogP contribution in [0.5, 0.6) is 0 Å². The molecule has 0 bridgehead atoms. The summed E-state index contributed by atoms with van der Waals surface area (Å²) in [5, 5.41) is 7.04. The predicted molar refractivity (Wildman–Crippen MR) is 101 cm³/mol. The number of rotatable bonds is 6. The molecule has 1 atom stereocenters. The summed E-state index contributed by atoms with van der Waals surface area (Å²) in [6.07, 6.45) is 0.0506. The first-order valence-electron chi connectivity index (χ1n) is 8.80. The summed E-state index contributed by atoms with van der Waals surface area (Å²) < 4.78 is 6.99. The third-order valence-corrected chi connectivity index (χ3v) is 4.24. The molecule has 0 saturated carbocycles. The minimum atomic E-state index is -0.906. The first kappa shape index (κ1) is 19.7. The van der Waals surface area contributed by atoms with Crippen LogP contribution < -0.4 is 5.32 Å². The lowest BCUT2D eigenvalue weighted by Gasteiger charge is -2.14. The number of nitrogens with zero attached hydrogens (tertiary/aromatic N) is 2. The van der Waals surface area contributed by atoms with E-state index in [9.17, 15) is 9.59 Å². The van der Waals surface area contributed by atoms with Crippen molar-refractivity contribution < 1.29 is 14.3 Å². The van der Waals surface area contributed by atoms with E-state index < -0.39 is 12.1 Å². The maximum absolute atomic E-state index is 12.3. The molecule has 0 radical (unpaired) electrons. The van der Waals surface area contributed by atoms with Crippen molar-refractivity contribution in [3.8, 4) is 0 Å². The number of aryl methyl sites for hydroxylation is 2. The molecule has 1 aromatic carbocycles. The number of carbonyl (C=O) groups excluding carboxylic acids is 2. The molecule has 0 aliphatic carbocycles. The van der Waals surface area contributed by atoms with Crippen LogP contribution in [0.2, 0.25) is 0 Å². The molecule has 0 aliphatic heterocycles. The maximum atomic E-state index is 12.3. The van der Waals surface area contributed by atoms with Gasteiger partial charge in [0.2, 0.25) is 0 Å². The third kappa shape index (κ3) is 4.71. The average molecular weight is 357 g/mol. The van der Waals surface area contributed by atoms with Gasteiger partial charge in [-0.15, -0.1) is 0 Å². The van der Waals surface area contributed by atoms with Crippen molar-refractivity contribution >= 4 is 17.6 Å². The van der Waals surface area contributed by atoms with E-state index in [1.165, 1.54) is 5.56 Å². The third-order valence-electron chi connectivity index (χ3n) is 4.24. The molecular weight excluding hydrogens is 330 g/mol. The molecule has 26 heavy (non-hydrogen) atoms. The van der Waals surface area contributed by atoms with Crippen LogP contribution in [0.25, 0.3) is 0 Å². The molecule has 140 valence electrons. The number of anilines is 1. The molecule has 0 spiro atoms. The van der Waals surface area contributed by atoms with Crippen molar-refractivity contribution in [3.05, 3.63) is 46.8 Å². The smallest absolute Gasteiger partial charge is 0.338 e. The highest BCUT2D eigenvalue weighted by Gasteiger charge is 2.21. The summed E-state index contributed by atoms with van der Waals surface area (Å²) in [5.41, 5.74) is 3.82. The summed E-state index contributed by atoms with van der Waals surface area (Å²) in [4.78, 5) is 24.6. The van der Waals surface area contributed by atoms with Crippen LogP contribution in [0.1, 0.15) is 48.1 Å². The number of esters is 1. The summed E-state index contributed by atoms with van der Waals surface area (Å²) in [7, 11) is 1.81. The highest BCUT2D eigenvalue weighted by molar-refractivity contribution is 5.98. The monoisotopic (exact) mass is 357 g/mol. The van der Waals surface area contributed by atoms with E-state index in [2.05, 4.69) is 24.3 Å². The SMILES string of the molecule is Cc1nn(C)c(C)c1NC(=O)[C@@H](C)OC(=O)c1ccc(CC(C)C)cc1. The second-order valence-electron chi connectivity index (χ2n) is 7.00. The van der Waals surface area contributed by atoms with Crippen LogP contribution in [-0.2, 0) is 23.0 Å². The number of ether oxygens (including phenoxy) is 1. The number of amides is 1. The van der Waals surface area contributed by atoms with Gasteiger partial charge in [-0.1, -0.05) is 26.0 Å². The van der Waals surface area contributed by atoms with Crippen molar-refractivity contribution in [2.45, 2.75) is 47.1 Å². The lowest BCUT2D eigenvalue weighted by atomic mass is 10.0. The largest absolute Gasteiger partial charge is 0.449 e. The van der Waals surface area contributed by atoms with Gasteiger partial charge < -0.3 is 10.1 Å². The number of aromatic nitrogens is 2. The number of benzene rings is 1. The van der Waals surface area contributed by atoms with Crippen molar-refractivity contribution in [1.29, 1.82) is 0 Å². The molecule has 1 heterocycles. The van der Waals surface area contributed by atoms with E-state index in [4.69, 9.17) is 4.74 Å². The molecule has 1 amide bonds. The van der Waals surface area contributed by atoms with E-state index in [0.717, 1.165) is 17.8 Å². The quantitative estimate of drug-likeness (QED) is 0.804. The van der Waals surface area contributed by atoms with Crippen LogP contribution in [-0.4, -0.2) is 27.8 Å². The Kier molecular flexibility index (Phi) is 6.18. The Hall–Kier alpha value is -2.63. The Bertz CT molecular complexity index is 791. The van der Waals surface area contributed by atoms with Gasteiger partial charge in [-0.05, 0) is 50.8 Å². The zero-order valence-corrected chi connectivity index (χ0v) is 16.3. The Morgan fingerprint density at radius 1 is 1.15 bits per heavy atom. The van der Waals surface area contributed by atoms with Crippen molar-refractivity contribution in [3.63, 3.8) is 0 Å². The lowest BCUT2D eigenvalue weighted by molar-refractivity contribution is -0.123. The van der Waals surface area contributed by atoms with Crippen LogP contribution in [0.3, 0.4) is 0 Å². The predicted octanol–water partition coefficient (Wildman–Crippen LogP) is 3.42. The van der Waals surface area contributed by atoms with Gasteiger partial charge in [0.15, 0.2) is 6.10 Å². The van der Waals surface area contributed by atoms with Crippen LogP contribution >= 0.6 is 0 Å². The Balaban J connectivity index is 1.98. The van der Waals surface area contributed by atoms with Gasteiger partial charge in [0.05, 0.1) is 22.6 Å². The van der Waals surface area contributed by atoms with Crippen molar-refractivity contribution in [2.75, 3.05) is 5.32 Å². The Morgan fingerprint density at radius 3 is 2.27 bits per heavy atom. The van der Waals surface area contributed by atoms with Gasteiger partial charge in [-0.25, -0.2) is 4.79 Å². The summed E-state index contributed by atoms with van der Waals surface area (Å²) in [6.45, 7) is 9.53. The maximum Gasteiger partial charge on any atom is 0.338 e. The van der Waals surface area contributed by atoms with Crippen molar-refractivity contribution in [1.82, 2.24) is 9.78 Å². The number of hydrogen-bond donors (Lipinski definition) is 1. The molecule has 1 N–H and O–H groups in total. The zero-order chi connectivity index (χ0) is 19.4. The molecule has 0 unspecified atom stereocenters. The average Bonchev–Trinajstić information content (AvgIpc) is 2.81. The highest BCUT2D eigenvalue weighted by Crippen LogP contribution is 2.19. The van der Waals surface area contributed by atoms with E-state index in [0.29, 0.717) is 17.2 Å². The minimum Gasteiger partial charge on any atom is -0.449 e. The molecule has 2 rings (SSSR count). The van der Waals surface area contributed by atoms with E-state index >= 15 is 0 Å². The fourth-order valence-electron chi connectivity index (χ4n) is 2.71. The molecule has 0 saturated heterocycles. The highest BCUT2D eigenvalue weighted by atomic mass is 16.5. The summed E-state index contributed by atoms with van der Waals surface area (Å²) in [5.74, 6) is -0.340. The van der Waals surface area contributed by atoms with E-state index in [1.54, 1.807) is 23.7 Å². The lowest BCUT2D eigenvalue weighted by Crippen LogP contribution is -2.30. The van der Waals surface area contributed by atoms with Crippen LogP contribution in [0.15, 0.2) is 24.3 Å².